The third kappa shape index (κ3) is 5.35. The van der Waals surface area contributed by atoms with Crippen LogP contribution in [0.25, 0.3) is 10.8 Å². The maximum Gasteiger partial charge on any atom is 0.262 e. The average molecular weight is 389 g/mol. The molecule has 1 amide bonds. The molecule has 5 heteroatoms. The van der Waals surface area contributed by atoms with Crippen molar-refractivity contribution in [2.75, 3.05) is 23.3 Å². The molecule has 0 radical (unpaired) electrons. The van der Waals surface area contributed by atoms with E-state index in [4.69, 9.17) is 0 Å². The fraction of sp³-hybridized carbons (Fsp3) is 0.250. The molecule has 3 aromatic rings. The van der Waals surface area contributed by atoms with Gasteiger partial charge in [0, 0.05) is 24.5 Å². The largest absolute Gasteiger partial charge is 0.374 e. The fourth-order valence-corrected chi connectivity index (χ4v) is 3.22. The van der Waals surface area contributed by atoms with E-state index in [0.717, 1.165) is 29.7 Å². The van der Waals surface area contributed by atoms with E-state index < -0.39 is 6.04 Å². The Labute approximate surface area is 172 Å². The summed E-state index contributed by atoms with van der Waals surface area (Å²) >= 11 is 0. The average Bonchev–Trinajstić information content (AvgIpc) is 2.75. The Morgan fingerprint density at radius 3 is 2.38 bits per heavy atom. The van der Waals surface area contributed by atoms with Gasteiger partial charge >= 0.3 is 0 Å². The highest BCUT2D eigenvalue weighted by molar-refractivity contribution is 5.89. The minimum absolute atomic E-state index is 0.186. The van der Waals surface area contributed by atoms with Gasteiger partial charge in [-0.2, -0.15) is 5.10 Å². The summed E-state index contributed by atoms with van der Waals surface area (Å²) in [6, 6.07) is 21.9. The summed E-state index contributed by atoms with van der Waals surface area (Å²) in [6.45, 7) is 8.05. The van der Waals surface area contributed by atoms with Crippen molar-refractivity contribution in [3.05, 3.63) is 72.3 Å². The molecule has 0 saturated carbocycles. The Hall–Kier alpha value is -3.34. The second kappa shape index (κ2) is 9.73. The summed E-state index contributed by atoms with van der Waals surface area (Å²) in [5, 5.41) is 9.62. The van der Waals surface area contributed by atoms with E-state index in [2.05, 4.69) is 58.9 Å². The summed E-state index contributed by atoms with van der Waals surface area (Å²) in [4.78, 5) is 14.6. The SMILES string of the molecule is CCN(CC)c1ccc(C=NNC(=O)C(C)Nc2ccc3ccccc3c2)cc1. The Balaban J connectivity index is 1.55. The molecule has 3 rings (SSSR count). The topological polar surface area (TPSA) is 56.7 Å². The number of nitrogens with zero attached hydrogens (tertiary/aromatic N) is 2. The molecule has 0 aromatic heterocycles. The number of hydrogen-bond donors (Lipinski definition) is 2. The van der Waals surface area contributed by atoms with Crippen LogP contribution in [-0.2, 0) is 4.79 Å². The molecule has 29 heavy (non-hydrogen) atoms. The van der Waals surface area contributed by atoms with Crippen LogP contribution in [0.15, 0.2) is 71.8 Å². The first-order valence-electron chi connectivity index (χ1n) is 10.0. The number of benzene rings is 3. The van der Waals surface area contributed by atoms with Crippen molar-refractivity contribution in [1.82, 2.24) is 5.43 Å². The lowest BCUT2D eigenvalue weighted by Crippen LogP contribution is -2.34. The molecule has 1 atom stereocenters. The van der Waals surface area contributed by atoms with Crippen molar-refractivity contribution in [2.24, 2.45) is 5.10 Å². The van der Waals surface area contributed by atoms with Crippen LogP contribution in [-0.4, -0.2) is 31.3 Å². The van der Waals surface area contributed by atoms with Crippen LogP contribution in [0.1, 0.15) is 26.3 Å². The van der Waals surface area contributed by atoms with Crippen molar-refractivity contribution >= 4 is 34.3 Å². The number of rotatable bonds is 8. The van der Waals surface area contributed by atoms with Crippen LogP contribution >= 0.6 is 0 Å². The molecule has 150 valence electrons. The van der Waals surface area contributed by atoms with Crippen molar-refractivity contribution in [2.45, 2.75) is 26.8 Å². The molecule has 0 bridgehead atoms. The summed E-state index contributed by atoms with van der Waals surface area (Å²) < 4.78 is 0. The van der Waals surface area contributed by atoms with Crippen LogP contribution < -0.4 is 15.6 Å². The minimum Gasteiger partial charge on any atom is -0.374 e. The van der Waals surface area contributed by atoms with Crippen LogP contribution in [0.2, 0.25) is 0 Å². The first-order chi connectivity index (χ1) is 14.1. The molecule has 0 spiro atoms. The highest BCUT2D eigenvalue weighted by Crippen LogP contribution is 2.19. The Kier molecular flexibility index (Phi) is 6.85. The second-order valence-corrected chi connectivity index (χ2v) is 6.93. The molecule has 2 N–H and O–H groups in total. The van der Waals surface area contributed by atoms with E-state index >= 15 is 0 Å². The third-order valence-electron chi connectivity index (χ3n) is 4.94. The summed E-state index contributed by atoms with van der Waals surface area (Å²) in [6.07, 6.45) is 1.66. The van der Waals surface area contributed by atoms with Gasteiger partial charge in [-0.25, -0.2) is 5.43 Å². The van der Waals surface area contributed by atoms with Crippen molar-refractivity contribution in [3.63, 3.8) is 0 Å². The van der Waals surface area contributed by atoms with Gasteiger partial charge in [-0.05, 0) is 61.4 Å². The quantitative estimate of drug-likeness (QED) is 0.437. The standard InChI is InChI=1S/C24H28N4O/c1-4-28(5-2)23-14-10-19(11-15-23)17-25-27-24(29)18(3)26-22-13-12-20-8-6-7-9-21(20)16-22/h6-18,26H,4-5H2,1-3H3,(H,27,29). The number of amides is 1. The Bertz CT molecular complexity index is 978. The molecule has 0 aliphatic carbocycles. The highest BCUT2D eigenvalue weighted by atomic mass is 16.2. The molecule has 3 aromatic carbocycles. The molecular weight excluding hydrogens is 360 g/mol. The van der Waals surface area contributed by atoms with E-state index in [1.165, 1.54) is 11.1 Å². The summed E-state index contributed by atoms with van der Waals surface area (Å²) in [5.74, 6) is -0.186. The number of carbonyl (C=O) groups is 1. The van der Waals surface area contributed by atoms with Gasteiger partial charge in [-0.3, -0.25) is 4.79 Å². The smallest absolute Gasteiger partial charge is 0.262 e. The number of carbonyl (C=O) groups excluding carboxylic acids is 1. The van der Waals surface area contributed by atoms with Gasteiger partial charge in [0.15, 0.2) is 0 Å². The fourth-order valence-electron chi connectivity index (χ4n) is 3.22. The zero-order chi connectivity index (χ0) is 20.6. The van der Waals surface area contributed by atoms with Crippen molar-refractivity contribution in [3.8, 4) is 0 Å². The molecule has 1 unspecified atom stereocenters. The van der Waals surface area contributed by atoms with Crippen LogP contribution in [0, 0.1) is 0 Å². The number of hydrogen-bond acceptors (Lipinski definition) is 4. The van der Waals surface area contributed by atoms with Crippen molar-refractivity contribution < 1.29 is 4.79 Å². The number of nitrogens with one attached hydrogen (secondary N) is 2. The van der Waals surface area contributed by atoms with Gasteiger partial charge in [-0.15, -0.1) is 0 Å². The van der Waals surface area contributed by atoms with E-state index in [1.807, 2.05) is 49.4 Å². The Morgan fingerprint density at radius 2 is 1.69 bits per heavy atom. The van der Waals surface area contributed by atoms with Gasteiger partial charge < -0.3 is 10.2 Å². The second-order valence-electron chi connectivity index (χ2n) is 6.93. The maximum absolute atomic E-state index is 12.3. The number of hydrazone groups is 1. The predicted octanol–water partition coefficient (Wildman–Crippen LogP) is 4.64. The maximum atomic E-state index is 12.3. The lowest BCUT2D eigenvalue weighted by molar-refractivity contribution is -0.121. The first-order valence-corrected chi connectivity index (χ1v) is 10.0. The van der Waals surface area contributed by atoms with Gasteiger partial charge in [0.1, 0.15) is 6.04 Å². The summed E-state index contributed by atoms with van der Waals surface area (Å²) in [5.41, 5.74) is 5.64. The van der Waals surface area contributed by atoms with Crippen molar-refractivity contribution in [1.29, 1.82) is 0 Å². The molecule has 0 aliphatic rings. The monoisotopic (exact) mass is 388 g/mol. The minimum atomic E-state index is -0.404. The third-order valence-corrected chi connectivity index (χ3v) is 4.94. The molecule has 0 heterocycles. The van der Waals surface area contributed by atoms with Gasteiger partial charge in [0.2, 0.25) is 0 Å². The molecule has 0 aliphatic heterocycles. The highest BCUT2D eigenvalue weighted by Gasteiger charge is 2.11. The zero-order valence-corrected chi connectivity index (χ0v) is 17.2. The van der Waals surface area contributed by atoms with E-state index in [9.17, 15) is 4.79 Å². The van der Waals surface area contributed by atoms with Gasteiger partial charge in [0.25, 0.3) is 5.91 Å². The van der Waals surface area contributed by atoms with Gasteiger partial charge in [0.05, 0.1) is 6.21 Å². The van der Waals surface area contributed by atoms with Gasteiger partial charge in [-0.1, -0.05) is 42.5 Å². The zero-order valence-electron chi connectivity index (χ0n) is 17.2. The van der Waals surface area contributed by atoms with E-state index in [1.54, 1.807) is 6.21 Å². The first kappa shape index (κ1) is 20.4. The number of anilines is 2. The molecular formula is C24H28N4O. The Morgan fingerprint density at radius 1 is 1.00 bits per heavy atom. The number of fused-ring (bicyclic) bond motifs is 1. The molecule has 0 fully saturated rings. The van der Waals surface area contributed by atoms with Crippen LogP contribution in [0.5, 0.6) is 0 Å². The van der Waals surface area contributed by atoms with Crippen LogP contribution in [0.4, 0.5) is 11.4 Å². The lowest BCUT2D eigenvalue weighted by atomic mass is 10.1. The predicted molar refractivity (Wildman–Crippen MR) is 123 cm³/mol. The summed E-state index contributed by atoms with van der Waals surface area (Å²) in [7, 11) is 0. The van der Waals surface area contributed by atoms with E-state index in [-0.39, 0.29) is 5.91 Å². The molecule has 5 nitrogen and oxygen atoms in total. The van der Waals surface area contributed by atoms with E-state index in [0.29, 0.717) is 0 Å². The molecule has 0 saturated heterocycles. The lowest BCUT2D eigenvalue weighted by Gasteiger charge is -2.20. The van der Waals surface area contributed by atoms with Crippen LogP contribution in [0.3, 0.4) is 0 Å². The normalized spacial score (nSPS) is 12.1.